The van der Waals surface area contributed by atoms with Gasteiger partial charge in [-0.15, -0.1) is 0 Å². The summed E-state index contributed by atoms with van der Waals surface area (Å²) in [6, 6.07) is 20.0. The third-order valence-corrected chi connectivity index (χ3v) is 4.64. The van der Waals surface area contributed by atoms with Crippen LogP contribution in [0.1, 0.15) is 11.3 Å². The molecule has 148 valence electrons. The van der Waals surface area contributed by atoms with Crippen molar-refractivity contribution in [3.8, 4) is 23.1 Å². The summed E-state index contributed by atoms with van der Waals surface area (Å²) in [5.41, 5.74) is 2.21. The van der Waals surface area contributed by atoms with Crippen LogP contribution >= 0.6 is 0 Å². The van der Waals surface area contributed by atoms with E-state index < -0.39 is 11.9 Å². The first-order valence-corrected chi connectivity index (χ1v) is 9.23. The Balaban J connectivity index is 1.75. The zero-order chi connectivity index (χ0) is 21.8. The summed E-state index contributed by atoms with van der Waals surface area (Å²) < 4.78 is 10.7. The van der Waals surface area contributed by atoms with Gasteiger partial charge in [-0.1, -0.05) is 66.7 Å². The molecule has 1 aromatic heterocycles. The van der Waals surface area contributed by atoms with E-state index in [0.717, 1.165) is 0 Å². The van der Waals surface area contributed by atoms with E-state index in [2.05, 4.69) is 4.85 Å². The molecule has 6 nitrogen and oxygen atoms in total. The lowest BCUT2D eigenvalue weighted by molar-refractivity contribution is -0.132. The van der Waals surface area contributed by atoms with E-state index in [9.17, 15) is 15.2 Å². The van der Waals surface area contributed by atoms with Crippen LogP contribution in [0.15, 0.2) is 88.6 Å². The number of cyclic esters (lactones) is 1. The summed E-state index contributed by atoms with van der Waals surface area (Å²) in [5, 5.41) is 19.4. The average Bonchev–Trinajstić information content (AvgIpc) is 3.30. The normalized spacial score (nSPS) is 14.6. The minimum Gasteiger partial charge on any atom is -0.489 e. The standard InChI is InChI=1S/C25H14N2O4/c1-27-23-22(17-11-6-3-7-12-17)20(31-25(23)29)14-8-13-19-21(16-9-4-2-5-10-16)18(15-26)24(28)30-19/h2-14,29H. The second-order valence-corrected chi connectivity index (χ2v) is 6.48. The van der Waals surface area contributed by atoms with Crippen LogP contribution in [0.25, 0.3) is 27.6 Å². The smallest absolute Gasteiger partial charge is 0.355 e. The molecule has 2 aromatic carbocycles. The van der Waals surface area contributed by atoms with Gasteiger partial charge in [-0.2, -0.15) is 5.26 Å². The van der Waals surface area contributed by atoms with Gasteiger partial charge in [0.05, 0.1) is 6.57 Å². The molecular weight excluding hydrogens is 392 g/mol. The van der Waals surface area contributed by atoms with Crippen LogP contribution in [-0.2, 0) is 9.53 Å². The molecule has 3 aromatic rings. The summed E-state index contributed by atoms with van der Waals surface area (Å²) in [4.78, 5) is 15.5. The van der Waals surface area contributed by atoms with Crippen molar-refractivity contribution in [1.29, 1.82) is 5.26 Å². The highest BCUT2D eigenvalue weighted by Gasteiger charge is 2.30. The fraction of sp³-hybridized carbons (Fsp3) is 0. The fourth-order valence-corrected chi connectivity index (χ4v) is 3.29. The van der Waals surface area contributed by atoms with Crippen LogP contribution in [0.3, 0.4) is 0 Å². The van der Waals surface area contributed by atoms with Crippen molar-refractivity contribution in [2.75, 3.05) is 0 Å². The van der Waals surface area contributed by atoms with Crippen LogP contribution < -0.4 is 0 Å². The lowest BCUT2D eigenvalue weighted by Crippen LogP contribution is -1.96. The minimum absolute atomic E-state index is 0.0161. The van der Waals surface area contributed by atoms with E-state index in [4.69, 9.17) is 15.7 Å². The molecule has 0 radical (unpaired) electrons. The summed E-state index contributed by atoms with van der Waals surface area (Å²) in [6.45, 7) is 7.36. The van der Waals surface area contributed by atoms with Crippen molar-refractivity contribution < 1.29 is 19.1 Å². The monoisotopic (exact) mass is 406 g/mol. The van der Waals surface area contributed by atoms with Crippen molar-refractivity contribution in [3.63, 3.8) is 0 Å². The predicted molar refractivity (Wildman–Crippen MR) is 114 cm³/mol. The van der Waals surface area contributed by atoms with Gasteiger partial charge in [0.25, 0.3) is 11.6 Å². The zero-order valence-corrected chi connectivity index (χ0v) is 16.1. The van der Waals surface area contributed by atoms with E-state index in [0.29, 0.717) is 22.3 Å². The van der Waals surface area contributed by atoms with Gasteiger partial charge >= 0.3 is 5.97 Å². The Kier molecular flexibility index (Phi) is 5.21. The van der Waals surface area contributed by atoms with Crippen molar-refractivity contribution in [1.82, 2.24) is 0 Å². The Labute approximate surface area is 178 Å². The number of hydrogen-bond acceptors (Lipinski definition) is 5. The quantitative estimate of drug-likeness (QED) is 0.448. The van der Waals surface area contributed by atoms with Crippen LogP contribution in [0, 0.1) is 17.9 Å². The van der Waals surface area contributed by atoms with E-state index in [1.165, 1.54) is 6.08 Å². The number of furan rings is 1. The Morgan fingerprint density at radius 3 is 2.29 bits per heavy atom. The number of allylic oxidation sites excluding steroid dienone is 3. The maximum atomic E-state index is 12.1. The van der Waals surface area contributed by atoms with Crippen LogP contribution in [0.4, 0.5) is 5.69 Å². The second-order valence-electron chi connectivity index (χ2n) is 6.48. The summed E-state index contributed by atoms with van der Waals surface area (Å²) in [5.74, 6) is -0.671. The highest BCUT2D eigenvalue weighted by atomic mass is 16.5. The number of ether oxygens (including phenoxy) is 1. The number of carbonyl (C=O) groups is 1. The number of carbonyl (C=O) groups excluding carboxylic acids is 1. The summed E-state index contributed by atoms with van der Waals surface area (Å²) in [6.07, 6.45) is 4.67. The lowest BCUT2D eigenvalue weighted by atomic mass is 10.00. The number of hydrogen-bond donors (Lipinski definition) is 1. The molecule has 6 heteroatoms. The molecule has 0 saturated carbocycles. The molecule has 1 N–H and O–H groups in total. The van der Waals surface area contributed by atoms with E-state index in [1.807, 2.05) is 42.5 Å². The van der Waals surface area contributed by atoms with Crippen molar-refractivity contribution >= 4 is 23.3 Å². The predicted octanol–water partition coefficient (Wildman–Crippen LogP) is 5.63. The molecule has 0 atom stereocenters. The van der Waals surface area contributed by atoms with Crippen LogP contribution in [0.2, 0.25) is 0 Å². The third kappa shape index (κ3) is 3.62. The van der Waals surface area contributed by atoms with Gasteiger partial charge < -0.3 is 14.3 Å². The Bertz CT molecular complexity index is 1330. The van der Waals surface area contributed by atoms with Gasteiger partial charge in [0.15, 0.2) is 0 Å². The first kappa shape index (κ1) is 19.5. The molecule has 31 heavy (non-hydrogen) atoms. The van der Waals surface area contributed by atoms with Crippen molar-refractivity contribution in [3.05, 3.63) is 107 Å². The maximum absolute atomic E-state index is 12.1. The highest BCUT2D eigenvalue weighted by molar-refractivity contribution is 6.10. The molecule has 0 spiro atoms. The molecule has 0 fully saturated rings. The molecule has 0 saturated heterocycles. The van der Waals surface area contributed by atoms with Crippen molar-refractivity contribution in [2.45, 2.75) is 0 Å². The first-order chi connectivity index (χ1) is 15.1. The molecule has 0 amide bonds. The van der Waals surface area contributed by atoms with E-state index >= 15 is 0 Å². The lowest BCUT2D eigenvalue weighted by Gasteiger charge is -2.03. The molecule has 4 rings (SSSR count). The number of benzene rings is 2. The fourth-order valence-electron chi connectivity index (χ4n) is 3.29. The SMILES string of the molecule is [C-]#[N+]c1c(O)oc(C=CC=C2OC(=O)C(C#N)=C2c2ccccc2)c1-c1ccccc1. The number of aromatic hydroxyl groups is 1. The molecule has 1 aliphatic heterocycles. The van der Waals surface area contributed by atoms with Crippen LogP contribution in [-0.4, -0.2) is 11.1 Å². The largest absolute Gasteiger partial charge is 0.489 e. The molecule has 0 aliphatic carbocycles. The maximum Gasteiger partial charge on any atom is 0.355 e. The molecular formula is C25H14N2O4. The number of nitriles is 1. The first-order valence-electron chi connectivity index (χ1n) is 9.23. The molecule has 2 heterocycles. The third-order valence-electron chi connectivity index (χ3n) is 4.64. The summed E-state index contributed by atoms with van der Waals surface area (Å²) >= 11 is 0. The Hall–Kier alpha value is -4.81. The molecule has 1 aliphatic rings. The van der Waals surface area contributed by atoms with Crippen molar-refractivity contribution in [2.24, 2.45) is 0 Å². The van der Waals surface area contributed by atoms with E-state index in [-0.39, 0.29) is 22.8 Å². The zero-order valence-electron chi connectivity index (χ0n) is 16.1. The molecule has 0 bridgehead atoms. The highest BCUT2D eigenvalue weighted by Crippen LogP contribution is 2.44. The minimum atomic E-state index is -0.711. The van der Waals surface area contributed by atoms with Gasteiger partial charge in [-0.25, -0.2) is 9.64 Å². The second kappa shape index (κ2) is 8.28. The molecule has 0 unspecified atom stereocenters. The Morgan fingerprint density at radius 2 is 1.68 bits per heavy atom. The number of esters is 1. The number of rotatable bonds is 4. The number of nitrogens with zero attached hydrogens (tertiary/aromatic N) is 2. The van der Waals surface area contributed by atoms with Gasteiger partial charge in [0.1, 0.15) is 23.2 Å². The topological polar surface area (TPSA) is 87.8 Å². The average molecular weight is 406 g/mol. The van der Waals surface area contributed by atoms with Gasteiger partial charge in [0.2, 0.25) is 0 Å². The Morgan fingerprint density at radius 1 is 1.03 bits per heavy atom. The van der Waals surface area contributed by atoms with Gasteiger partial charge in [-0.05, 0) is 23.3 Å². The van der Waals surface area contributed by atoms with Gasteiger partial charge in [-0.3, -0.25) is 0 Å². The van der Waals surface area contributed by atoms with Gasteiger partial charge in [0, 0.05) is 11.1 Å². The van der Waals surface area contributed by atoms with Crippen LogP contribution in [0.5, 0.6) is 5.95 Å². The van der Waals surface area contributed by atoms with E-state index in [1.54, 1.807) is 36.4 Å². The summed E-state index contributed by atoms with van der Waals surface area (Å²) in [7, 11) is 0.